The molecule has 0 atom stereocenters. The van der Waals surface area contributed by atoms with Crippen molar-refractivity contribution in [3.8, 4) is 11.1 Å². The van der Waals surface area contributed by atoms with Crippen molar-refractivity contribution >= 4 is 34.8 Å². The Kier molecular flexibility index (Phi) is 3.38. The fourth-order valence-corrected chi connectivity index (χ4v) is 2.03. The van der Waals surface area contributed by atoms with E-state index in [1.807, 2.05) is 0 Å². The van der Waals surface area contributed by atoms with Gasteiger partial charge in [0.25, 0.3) is 0 Å². The highest BCUT2D eigenvalue weighted by Gasteiger charge is 2.07. The standard InChI is InChI=1S/C12H5Cl3F/c13-8-1-2-11(12(16)6-8)7-3-9(14)5-10(15)4-7/h1-4,6H. The van der Waals surface area contributed by atoms with Gasteiger partial charge in [0, 0.05) is 16.7 Å². The monoisotopic (exact) mass is 273 g/mol. The predicted molar refractivity (Wildman–Crippen MR) is 65.7 cm³/mol. The van der Waals surface area contributed by atoms with E-state index in [9.17, 15) is 4.39 Å². The summed E-state index contributed by atoms with van der Waals surface area (Å²) in [5, 5.41) is 1.04. The van der Waals surface area contributed by atoms with Crippen molar-refractivity contribution in [2.75, 3.05) is 0 Å². The minimum Gasteiger partial charge on any atom is -0.206 e. The third-order valence-electron chi connectivity index (χ3n) is 2.05. The molecule has 0 unspecified atom stereocenters. The maximum Gasteiger partial charge on any atom is 0.132 e. The van der Waals surface area contributed by atoms with Crippen LogP contribution in [0.25, 0.3) is 11.1 Å². The van der Waals surface area contributed by atoms with Crippen LogP contribution < -0.4 is 0 Å². The zero-order valence-corrected chi connectivity index (χ0v) is 10.2. The van der Waals surface area contributed by atoms with Crippen molar-refractivity contribution < 1.29 is 4.39 Å². The van der Waals surface area contributed by atoms with Gasteiger partial charge in [0.1, 0.15) is 5.82 Å². The van der Waals surface area contributed by atoms with Gasteiger partial charge < -0.3 is 0 Å². The van der Waals surface area contributed by atoms with Crippen LogP contribution in [0, 0.1) is 11.9 Å². The van der Waals surface area contributed by atoms with Gasteiger partial charge in [-0.3, -0.25) is 0 Å². The fraction of sp³-hybridized carbons (Fsp3) is 0. The Morgan fingerprint density at radius 3 is 2.12 bits per heavy atom. The van der Waals surface area contributed by atoms with Gasteiger partial charge in [0.15, 0.2) is 0 Å². The first-order chi connectivity index (χ1) is 7.56. The molecule has 1 radical (unpaired) electrons. The molecular weight excluding hydrogens is 269 g/mol. The first-order valence-electron chi connectivity index (χ1n) is 4.40. The summed E-state index contributed by atoms with van der Waals surface area (Å²) < 4.78 is 13.6. The second kappa shape index (κ2) is 4.62. The summed E-state index contributed by atoms with van der Waals surface area (Å²) in [7, 11) is 0. The van der Waals surface area contributed by atoms with Crippen LogP contribution in [0.3, 0.4) is 0 Å². The number of rotatable bonds is 1. The van der Waals surface area contributed by atoms with Gasteiger partial charge in [-0.1, -0.05) is 34.8 Å². The average Bonchev–Trinajstić information content (AvgIpc) is 2.15. The SMILES string of the molecule is Fc1cc(Cl)ccc1-c1cc(Cl)[c]c(Cl)c1. The lowest BCUT2D eigenvalue weighted by Crippen LogP contribution is -1.84. The minimum absolute atomic E-state index is 0.344. The van der Waals surface area contributed by atoms with Crippen molar-refractivity contribution in [1.29, 1.82) is 0 Å². The van der Waals surface area contributed by atoms with E-state index in [2.05, 4.69) is 6.07 Å². The molecule has 0 saturated heterocycles. The van der Waals surface area contributed by atoms with Crippen molar-refractivity contribution in [3.05, 3.63) is 57.3 Å². The first-order valence-corrected chi connectivity index (χ1v) is 5.53. The van der Waals surface area contributed by atoms with E-state index in [4.69, 9.17) is 34.8 Å². The van der Waals surface area contributed by atoms with Gasteiger partial charge in [-0.15, -0.1) is 0 Å². The normalized spacial score (nSPS) is 10.5. The van der Waals surface area contributed by atoms with Crippen LogP contribution in [-0.2, 0) is 0 Å². The summed E-state index contributed by atoms with van der Waals surface area (Å²) in [6, 6.07) is 10.3. The lowest BCUT2D eigenvalue weighted by molar-refractivity contribution is 0.631. The number of hydrogen-bond donors (Lipinski definition) is 0. The molecule has 0 aliphatic rings. The van der Waals surface area contributed by atoms with E-state index in [0.717, 1.165) is 0 Å². The third-order valence-corrected chi connectivity index (χ3v) is 2.69. The molecule has 0 aliphatic heterocycles. The Bertz CT molecular complexity index is 518. The summed E-state index contributed by atoms with van der Waals surface area (Å²) in [5.74, 6) is -0.411. The molecule has 0 fully saturated rings. The quantitative estimate of drug-likeness (QED) is 0.666. The molecular formula is C12H5Cl3F. The molecule has 4 heteroatoms. The molecule has 81 valence electrons. The minimum atomic E-state index is -0.411. The molecule has 16 heavy (non-hydrogen) atoms. The summed E-state index contributed by atoms with van der Waals surface area (Å²) in [6.45, 7) is 0. The average molecular weight is 275 g/mol. The Morgan fingerprint density at radius 1 is 0.938 bits per heavy atom. The van der Waals surface area contributed by atoms with Crippen molar-refractivity contribution in [2.45, 2.75) is 0 Å². The van der Waals surface area contributed by atoms with E-state index in [0.29, 0.717) is 26.2 Å². The Labute approximate surface area is 108 Å². The summed E-state index contributed by atoms with van der Waals surface area (Å²) in [4.78, 5) is 0. The first kappa shape index (κ1) is 11.7. The predicted octanol–water partition coefficient (Wildman–Crippen LogP) is 5.25. The molecule has 0 saturated carbocycles. The zero-order chi connectivity index (χ0) is 11.7. The molecule has 0 bridgehead atoms. The molecule has 0 aromatic heterocycles. The van der Waals surface area contributed by atoms with Crippen LogP contribution in [0.2, 0.25) is 15.1 Å². The smallest absolute Gasteiger partial charge is 0.132 e. The van der Waals surface area contributed by atoms with E-state index in [1.165, 1.54) is 6.07 Å². The fourth-order valence-electron chi connectivity index (χ4n) is 1.38. The van der Waals surface area contributed by atoms with Crippen LogP contribution in [0.1, 0.15) is 0 Å². The second-order valence-corrected chi connectivity index (χ2v) is 4.44. The highest BCUT2D eigenvalue weighted by molar-refractivity contribution is 6.34. The lowest BCUT2D eigenvalue weighted by Gasteiger charge is -2.05. The molecule has 0 aliphatic carbocycles. The van der Waals surface area contributed by atoms with Crippen LogP contribution >= 0.6 is 34.8 Å². The molecule has 0 heterocycles. The van der Waals surface area contributed by atoms with Crippen LogP contribution in [0.4, 0.5) is 4.39 Å². The van der Waals surface area contributed by atoms with E-state index < -0.39 is 5.82 Å². The molecule has 0 nitrogen and oxygen atoms in total. The highest BCUT2D eigenvalue weighted by Crippen LogP contribution is 2.29. The summed E-state index contributed by atoms with van der Waals surface area (Å²) in [6.07, 6.45) is 0. The maximum atomic E-state index is 13.6. The highest BCUT2D eigenvalue weighted by atomic mass is 35.5. The molecule has 0 N–H and O–H groups in total. The van der Waals surface area contributed by atoms with Gasteiger partial charge >= 0.3 is 0 Å². The largest absolute Gasteiger partial charge is 0.206 e. The summed E-state index contributed by atoms with van der Waals surface area (Å²) >= 11 is 17.3. The number of hydrogen-bond acceptors (Lipinski definition) is 0. The van der Waals surface area contributed by atoms with Gasteiger partial charge in [-0.25, -0.2) is 4.39 Å². The Balaban J connectivity index is 2.58. The molecule has 0 spiro atoms. The Morgan fingerprint density at radius 2 is 1.56 bits per heavy atom. The molecule has 2 rings (SSSR count). The van der Waals surface area contributed by atoms with Gasteiger partial charge in [0.05, 0.1) is 10.0 Å². The van der Waals surface area contributed by atoms with E-state index in [-0.39, 0.29) is 0 Å². The summed E-state index contributed by atoms with van der Waals surface area (Å²) in [5.41, 5.74) is 1.00. The van der Waals surface area contributed by atoms with Gasteiger partial charge in [-0.2, -0.15) is 0 Å². The van der Waals surface area contributed by atoms with Crippen molar-refractivity contribution in [1.82, 2.24) is 0 Å². The van der Waals surface area contributed by atoms with Crippen LogP contribution in [0.5, 0.6) is 0 Å². The van der Waals surface area contributed by atoms with Gasteiger partial charge in [0.2, 0.25) is 0 Å². The van der Waals surface area contributed by atoms with Gasteiger partial charge in [-0.05, 0) is 35.9 Å². The van der Waals surface area contributed by atoms with Crippen molar-refractivity contribution in [3.63, 3.8) is 0 Å². The molecule has 2 aromatic rings. The number of halogens is 4. The zero-order valence-electron chi connectivity index (χ0n) is 7.90. The van der Waals surface area contributed by atoms with Crippen molar-refractivity contribution in [2.24, 2.45) is 0 Å². The third kappa shape index (κ3) is 2.49. The maximum absolute atomic E-state index is 13.6. The van der Waals surface area contributed by atoms with Crippen LogP contribution in [0.15, 0.2) is 30.3 Å². The molecule has 0 amide bonds. The van der Waals surface area contributed by atoms with E-state index >= 15 is 0 Å². The van der Waals surface area contributed by atoms with Crippen LogP contribution in [-0.4, -0.2) is 0 Å². The Hall–Kier alpha value is -0.760. The number of benzene rings is 2. The lowest BCUT2D eigenvalue weighted by atomic mass is 10.1. The van der Waals surface area contributed by atoms with E-state index in [1.54, 1.807) is 24.3 Å². The second-order valence-electron chi connectivity index (χ2n) is 3.19. The topological polar surface area (TPSA) is 0 Å². The molecule has 2 aromatic carbocycles.